The molecule has 0 radical (unpaired) electrons. The van der Waals surface area contributed by atoms with Crippen LogP contribution in [-0.4, -0.2) is 31.1 Å². The average Bonchev–Trinajstić information content (AvgIpc) is 2.44. The number of hydrogen-bond acceptors (Lipinski definition) is 2. The predicted octanol–water partition coefficient (Wildman–Crippen LogP) is 3.80. The molecule has 1 aromatic rings. The number of benzene rings is 1. The zero-order valence-electron chi connectivity index (χ0n) is 12.2. The number of hydrogen-bond donors (Lipinski definition) is 1. The Kier molecular flexibility index (Phi) is 6.46. The Morgan fingerprint density at radius 1 is 1.35 bits per heavy atom. The zero-order chi connectivity index (χ0) is 14.4. The van der Waals surface area contributed by atoms with E-state index in [0.717, 1.165) is 31.0 Å². The summed E-state index contributed by atoms with van der Waals surface area (Å²) in [5, 5.41) is 3.39. The van der Waals surface area contributed by atoms with Crippen molar-refractivity contribution in [1.29, 1.82) is 0 Å². The summed E-state index contributed by atoms with van der Waals surface area (Å²) in [4.78, 5) is 2.56. The zero-order valence-corrected chi connectivity index (χ0v) is 13.8. The van der Waals surface area contributed by atoms with E-state index in [1.807, 2.05) is 6.07 Å². The highest BCUT2D eigenvalue weighted by Crippen LogP contribution is 2.17. The summed E-state index contributed by atoms with van der Waals surface area (Å²) in [6.07, 6.45) is 3.84. The Hall–Kier alpha value is -0.450. The van der Waals surface area contributed by atoms with Crippen LogP contribution >= 0.6 is 15.9 Å². The lowest BCUT2D eigenvalue weighted by molar-refractivity contribution is 0.190. The van der Waals surface area contributed by atoms with E-state index < -0.39 is 0 Å². The van der Waals surface area contributed by atoms with Gasteiger partial charge in [-0.15, -0.1) is 0 Å². The largest absolute Gasteiger partial charge is 0.313 e. The number of halogens is 2. The van der Waals surface area contributed by atoms with E-state index in [0.29, 0.717) is 4.47 Å². The fourth-order valence-corrected chi connectivity index (χ4v) is 2.84. The summed E-state index contributed by atoms with van der Waals surface area (Å²) >= 11 is 3.17. The van der Waals surface area contributed by atoms with Crippen molar-refractivity contribution in [1.82, 2.24) is 10.2 Å². The highest BCUT2D eigenvalue weighted by atomic mass is 79.9. The molecule has 1 fully saturated rings. The number of nitrogens with one attached hydrogen (secondary N) is 1. The highest BCUT2D eigenvalue weighted by molar-refractivity contribution is 9.10. The van der Waals surface area contributed by atoms with Crippen molar-refractivity contribution in [3.05, 3.63) is 34.1 Å². The Morgan fingerprint density at radius 2 is 2.10 bits per heavy atom. The van der Waals surface area contributed by atoms with Crippen LogP contribution in [0.15, 0.2) is 22.7 Å². The molecular weight excluding hydrogens is 319 g/mol. The first kappa shape index (κ1) is 15.9. The van der Waals surface area contributed by atoms with Crippen LogP contribution in [0.4, 0.5) is 4.39 Å². The van der Waals surface area contributed by atoms with Crippen molar-refractivity contribution in [2.24, 2.45) is 5.92 Å². The van der Waals surface area contributed by atoms with Crippen molar-refractivity contribution < 1.29 is 4.39 Å². The molecule has 0 saturated carbocycles. The molecule has 1 aromatic carbocycles. The maximum Gasteiger partial charge on any atom is 0.137 e. The van der Waals surface area contributed by atoms with Crippen LogP contribution in [0.3, 0.4) is 0 Å². The van der Waals surface area contributed by atoms with E-state index in [1.165, 1.54) is 32.5 Å². The first-order chi connectivity index (χ1) is 9.65. The van der Waals surface area contributed by atoms with Gasteiger partial charge >= 0.3 is 0 Å². The summed E-state index contributed by atoms with van der Waals surface area (Å²) in [6, 6.07) is 5.30. The second kappa shape index (κ2) is 8.11. The van der Waals surface area contributed by atoms with Crippen molar-refractivity contribution in [2.45, 2.75) is 32.7 Å². The van der Waals surface area contributed by atoms with Gasteiger partial charge in [0, 0.05) is 6.54 Å². The molecule has 1 aliphatic rings. The number of nitrogens with zero attached hydrogens (tertiary/aromatic N) is 1. The van der Waals surface area contributed by atoms with Gasteiger partial charge in [0.25, 0.3) is 0 Å². The third-order valence-electron chi connectivity index (χ3n) is 4.02. The summed E-state index contributed by atoms with van der Waals surface area (Å²) < 4.78 is 13.9. The maximum atomic E-state index is 13.3. The molecule has 0 spiro atoms. The standard InChI is InChI=1S/C16H24BrFN2/c1-13-5-9-20(10-6-13)8-2-7-19-12-14-3-4-15(17)16(18)11-14/h3-4,11,13,19H,2,5-10,12H2,1H3. The first-order valence-corrected chi connectivity index (χ1v) is 8.31. The second-order valence-corrected chi connectivity index (χ2v) is 6.66. The average molecular weight is 343 g/mol. The van der Waals surface area contributed by atoms with Gasteiger partial charge in [-0.05, 0) is 85.0 Å². The van der Waals surface area contributed by atoms with Crippen molar-refractivity contribution in [3.8, 4) is 0 Å². The quantitative estimate of drug-likeness (QED) is 0.791. The van der Waals surface area contributed by atoms with E-state index in [2.05, 4.69) is 33.1 Å². The molecule has 0 aliphatic carbocycles. The fourth-order valence-electron chi connectivity index (χ4n) is 2.60. The molecule has 2 nitrogen and oxygen atoms in total. The predicted molar refractivity (Wildman–Crippen MR) is 85.3 cm³/mol. The molecule has 1 aliphatic heterocycles. The van der Waals surface area contributed by atoms with Gasteiger partial charge in [0.05, 0.1) is 4.47 Å². The summed E-state index contributed by atoms with van der Waals surface area (Å²) in [5.41, 5.74) is 0.998. The topological polar surface area (TPSA) is 15.3 Å². The van der Waals surface area contributed by atoms with Crippen LogP contribution in [0.2, 0.25) is 0 Å². The number of likely N-dealkylation sites (tertiary alicyclic amines) is 1. The van der Waals surface area contributed by atoms with Crippen LogP contribution in [0.5, 0.6) is 0 Å². The van der Waals surface area contributed by atoms with Gasteiger partial charge in [-0.1, -0.05) is 13.0 Å². The van der Waals surface area contributed by atoms with Gasteiger partial charge in [-0.25, -0.2) is 4.39 Å². The Morgan fingerprint density at radius 3 is 2.80 bits per heavy atom. The number of piperidine rings is 1. The molecular formula is C16H24BrFN2. The van der Waals surface area contributed by atoms with Crippen LogP contribution < -0.4 is 5.32 Å². The summed E-state index contributed by atoms with van der Waals surface area (Å²) in [5.74, 6) is 0.711. The summed E-state index contributed by atoms with van der Waals surface area (Å²) in [7, 11) is 0. The fraction of sp³-hybridized carbons (Fsp3) is 0.625. The van der Waals surface area contributed by atoms with E-state index >= 15 is 0 Å². The van der Waals surface area contributed by atoms with E-state index in [1.54, 1.807) is 12.1 Å². The van der Waals surface area contributed by atoms with Crippen molar-refractivity contribution in [2.75, 3.05) is 26.2 Å². The Balaban J connectivity index is 1.58. The lowest BCUT2D eigenvalue weighted by Crippen LogP contribution is -2.34. The van der Waals surface area contributed by atoms with E-state index in [9.17, 15) is 4.39 Å². The van der Waals surface area contributed by atoms with Gasteiger partial charge in [-0.3, -0.25) is 0 Å². The third kappa shape index (κ3) is 5.15. The molecule has 2 rings (SSSR count). The van der Waals surface area contributed by atoms with E-state index in [4.69, 9.17) is 0 Å². The summed E-state index contributed by atoms with van der Waals surface area (Å²) in [6.45, 7) is 7.74. The normalized spacial score (nSPS) is 17.6. The minimum atomic E-state index is -0.188. The highest BCUT2D eigenvalue weighted by Gasteiger charge is 2.14. The minimum Gasteiger partial charge on any atom is -0.313 e. The minimum absolute atomic E-state index is 0.188. The molecule has 1 heterocycles. The first-order valence-electron chi connectivity index (χ1n) is 7.52. The lowest BCUT2D eigenvalue weighted by atomic mass is 9.99. The SMILES string of the molecule is CC1CCN(CCCNCc2ccc(Br)c(F)c2)CC1. The van der Waals surface area contributed by atoms with Crippen molar-refractivity contribution in [3.63, 3.8) is 0 Å². The molecule has 0 bridgehead atoms. The van der Waals surface area contributed by atoms with Crippen LogP contribution in [0.25, 0.3) is 0 Å². The van der Waals surface area contributed by atoms with Crippen LogP contribution in [0.1, 0.15) is 31.7 Å². The molecule has 0 atom stereocenters. The molecule has 20 heavy (non-hydrogen) atoms. The molecule has 0 aromatic heterocycles. The third-order valence-corrected chi connectivity index (χ3v) is 4.66. The van der Waals surface area contributed by atoms with Gasteiger partial charge in [0.2, 0.25) is 0 Å². The Labute approximate surface area is 129 Å². The van der Waals surface area contributed by atoms with Crippen LogP contribution in [0, 0.1) is 11.7 Å². The lowest BCUT2D eigenvalue weighted by Gasteiger charge is -2.30. The molecule has 1 N–H and O–H groups in total. The smallest absolute Gasteiger partial charge is 0.137 e. The van der Waals surface area contributed by atoms with Gasteiger partial charge in [0.1, 0.15) is 5.82 Å². The van der Waals surface area contributed by atoms with Crippen molar-refractivity contribution >= 4 is 15.9 Å². The van der Waals surface area contributed by atoms with E-state index in [-0.39, 0.29) is 5.82 Å². The van der Waals surface area contributed by atoms with Crippen LogP contribution in [-0.2, 0) is 6.54 Å². The molecule has 4 heteroatoms. The maximum absolute atomic E-state index is 13.3. The van der Waals surface area contributed by atoms with Gasteiger partial charge < -0.3 is 10.2 Å². The molecule has 0 amide bonds. The monoisotopic (exact) mass is 342 g/mol. The van der Waals surface area contributed by atoms with Gasteiger partial charge in [-0.2, -0.15) is 0 Å². The number of rotatable bonds is 6. The molecule has 1 saturated heterocycles. The molecule has 112 valence electrons. The van der Waals surface area contributed by atoms with Gasteiger partial charge in [0.15, 0.2) is 0 Å². The Bertz CT molecular complexity index is 417. The molecule has 0 unspecified atom stereocenters. The second-order valence-electron chi connectivity index (χ2n) is 5.80.